The number of phenols is 1. The van der Waals surface area contributed by atoms with E-state index >= 15 is 0 Å². The zero-order valence-corrected chi connectivity index (χ0v) is 27.6. The number of carbonyl (C=O) groups excluding carboxylic acids is 4. The maximum Gasteiger partial charge on any atom is 0.259 e. The first-order valence-electron chi connectivity index (χ1n) is 15.5. The van der Waals surface area contributed by atoms with Gasteiger partial charge in [-0.25, -0.2) is 0 Å². The quantitative estimate of drug-likeness (QED) is 0.157. The second-order valence-electron chi connectivity index (χ2n) is 13.3. The zero-order chi connectivity index (χ0) is 34.5. The van der Waals surface area contributed by atoms with Crippen molar-refractivity contribution in [3.05, 3.63) is 39.9 Å². The van der Waals surface area contributed by atoms with E-state index < -0.39 is 69.7 Å². The Hall–Kier alpha value is -4.02. The number of phenolic OH excluding ortho intramolecular Hbond substituents is 1. The Morgan fingerprint density at radius 1 is 1.06 bits per heavy atom. The number of anilines is 2. The third-order valence-corrected chi connectivity index (χ3v) is 9.46. The maximum atomic E-state index is 14.3. The number of amides is 2. The molecule has 4 aliphatic rings. The van der Waals surface area contributed by atoms with Crippen molar-refractivity contribution in [2.24, 2.45) is 11.8 Å². The Balaban J connectivity index is 1.58. The summed E-state index contributed by atoms with van der Waals surface area (Å²) in [6.45, 7) is 2.12. The number of ether oxygens (including phenoxy) is 1. The van der Waals surface area contributed by atoms with Gasteiger partial charge in [0.15, 0.2) is 17.1 Å². The lowest BCUT2D eigenvalue weighted by molar-refractivity contribution is -0.149. The Bertz CT molecular complexity index is 1560. The summed E-state index contributed by atoms with van der Waals surface area (Å²) in [4.78, 5) is 61.2. The Morgan fingerprint density at radius 2 is 1.72 bits per heavy atom. The summed E-state index contributed by atoms with van der Waals surface area (Å²) in [6.07, 6.45) is 0.142. The minimum atomic E-state index is -2.72. The topological polar surface area (TPSA) is 195 Å². The van der Waals surface area contributed by atoms with Crippen LogP contribution in [0, 0.1) is 11.8 Å². The lowest BCUT2D eigenvalue weighted by Crippen LogP contribution is -2.64. The summed E-state index contributed by atoms with van der Waals surface area (Å²) in [6, 6.07) is 0.518. The van der Waals surface area contributed by atoms with Crippen LogP contribution in [0.15, 0.2) is 28.7 Å². The molecule has 15 heteroatoms. The number of allylic oxidation sites excluding steroid dienone is 1. The summed E-state index contributed by atoms with van der Waals surface area (Å²) >= 11 is 0. The minimum Gasteiger partial charge on any atom is -0.510 e. The molecule has 1 aliphatic heterocycles. The fraction of sp³-hybridized carbons (Fsp3) is 0.562. The number of hydrogen-bond acceptors (Lipinski definition) is 13. The molecule has 0 aromatic heterocycles. The molecule has 2 amide bonds. The molecular weight excluding hydrogens is 612 g/mol. The van der Waals surface area contributed by atoms with Crippen molar-refractivity contribution in [3.63, 3.8) is 0 Å². The normalized spacial score (nSPS) is 26.3. The number of morpholine rings is 1. The summed E-state index contributed by atoms with van der Waals surface area (Å²) in [7, 11) is 10.2. The van der Waals surface area contributed by atoms with E-state index in [1.54, 1.807) is 63.1 Å². The van der Waals surface area contributed by atoms with E-state index in [1.165, 1.54) is 0 Å². The van der Waals surface area contributed by atoms with Crippen LogP contribution in [0.5, 0.6) is 5.75 Å². The number of aromatic hydroxyl groups is 1. The predicted octanol–water partition coefficient (Wildman–Crippen LogP) is -0.393. The van der Waals surface area contributed by atoms with Crippen molar-refractivity contribution in [2.45, 2.75) is 24.5 Å². The number of fused-ring (bicyclic) bond motifs is 3. The van der Waals surface area contributed by atoms with Crippen LogP contribution in [0.25, 0.3) is 0 Å². The third-order valence-electron chi connectivity index (χ3n) is 9.46. The van der Waals surface area contributed by atoms with E-state index in [-0.39, 0.29) is 42.9 Å². The molecule has 6 N–H and O–H groups in total. The van der Waals surface area contributed by atoms with E-state index in [2.05, 4.69) is 10.6 Å². The lowest BCUT2D eigenvalue weighted by atomic mass is 9.58. The molecule has 0 bridgehead atoms. The van der Waals surface area contributed by atoms with Gasteiger partial charge in [-0.05, 0) is 58.6 Å². The van der Waals surface area contributed by atoms with Crippen LogP contribution in [0.1, 0.15) is 22.3 Å². The first-order chi connectivity index (χ1) is 22.1. The number of carbonyl (C=O) groups is 4. The van der Waals surface area contributed by atoms with E-state index in [4.69, 9.17) is 4.74 Å². The van der Waals surface area contributed by atoms with Crippen LogP contribution in [0.4, 0.5) is 11.4 Å². The monoisotopic (exact) mass is 656 g/mol. The molecule has 1 aromatic carbocycles. The molecule has 4 atom stereocenters. The van der Waals surface area contributed by atoms with Gasteiger partial charge in [-0.2, -0.15) is 0 Å². The van der Waals surface area contributed by atoms with Crippen molar-refractivity contribution >= 4 is 34.8 Å². The molecule has 1 aromatic rings. The molecule has 47 heavy (non-hydrogen) atoms. The van der Waals surface area contributed by atoms with Crippen LogP contribution >= 0.6 is 0 Å². The number of nitrogens with zero attached hydrogens (tertiary/aromatic N) is 4. The molecule has 0 spiro atoms. The van der Waals surface area contributed by atoms with Gasteiger partial charge in [0.2, 0.25) is 11.7 Å². The highest BCUT2D eigenvalue weighted by Crippen LogP contribution is 2.54. The molecule has 3 unspecified atom stereocenters. The highest BCUT2D eigenvalue weighted by Gasteiger charge is 2.63. The molecule has 15 nitrogen and oxygen atoms in total. The summed E-state index contributed by atoms with van der Waals surface area (Å²) in [5.41, 5.74) is -2.82. The molecule has 1 fully saturated rings. The number of nitrogens with one attached hydrogen (secondary N) is 2. The second kappa shape index (κ2) is 12.9. The SMILES string of the molecule is CN(C)CC(=O)Nc1cc(N(C)C)c2c(c1O)C(=O)C1=C(O)C3(O)C(=O)C(C(=O)NCN4CCOCC4)=C(O)[C@@H](N(C)C)C3CC1C2. The number of likely N-dealkylation sites (N-methyl/N-ethyl adjacent to an activating group) is 2. The van der Waals surface area contributed by atoms with Crippen molar-refractivity contribution in [2.75, 3.05) is 92.0 Å². The first-order valence-corrected chi connectivity index (χ1v) is 15.5. The fourth-order valence-corrected chi connectivity index (χ4v) is 7.28. The van der Waals surface area contributed by atoms with Crippen molar-refractivity contribution in [3.8, 4) is 5.75 Å². The summed E-state index contributed by atoms with van der Waals surface area (Å²) in [5.74, 6) is -7.15. The average molecular weight is 657 g/mol. The molecule has 0 radical (unpaired) electrons. The average Bonchev–Trinajstić information content (AvgIpc) is 2.99. The van der Waals surface area contributed by atoms with Crippen LogP contribution in [-0.4, -0.2) is 152 Å². The number of Topliss-reactive ketones (excluding diaryl/α,β-unsaturated/α-hetero) is 2. The molecule has 0 saturated carbocycles. The Kier molecular flexibility index (Phi) is 9.41. The number of aliphatic hydroxyl groups excluding tert-OH is 2. The van der Waals surface area contributed by atoms with Gasteiger partial charge in [-0.15, -0.1) is 0 Å². The smallest absolute Gasteiger partial charge is 0.259 e. The highest BCUT2D eigenvalue weighted by molar-refractivity contribution is 6.25. The number of benzene rings is 1. The molecule has 1 heterocycles. The molecular formula is C32H44N6O9. The van der Waals surface area contributed by atoms with Crippen LogP contribution in [0.3, 0.4) is 0 Å². The largest absolute Gasteiger partial charge is 0.510 e. The predicted molar refractivity (Wildman–Crippen MR) is 171 cm³/mol. The van der Waals surface area contributed by atoms with Crippen molar-refractivity contribution < 1.29 is 44.3 Å². The van der Waals surface area contributed by atoms with Gasteiger partial charge in [0.25, 0.3) is 5.91 Å². The van der Waals surface area contributed by atoms with E-state index in [1.807, 2.05) is 4.90 Å². The third kappa shape index (κ3) is 5.86. The molecule has 3 aliphatic carbocycles. The van der Waals surface area contributed by atoms with E-state index in [9.17, 15) is 39.6 Å². The van der Waals surface area contributed by atoms with Gasteiger partial charge < -0.3 is 45.6 Å². The van der Waals surface area contributed by atoms with Crippen molar-refractivity contribution in [1.29, 1.82) is 0 Å². The summed E-state index contributed by atoms with van der Waals surface area (Å²) < 4.78 is 5.32. The van der Waals surface area contributed by atoms with Crippen molar-refractivity contribution in [1.82, 2.24) is 20.0 Å². The molecule has 1 saturated heterocycles. The Morgan fingerprint density at radius 3 is 2.32 bits per heavy atom. The second-order valence-corrected chi connectivity index (χ2v) is 13.3. The standard InChI is InChI=1S/C32H44N6O9/c1-35(2)14-21(39)34-19-13-20(36(3)4)17-11-16-12-18-25(37(5)6)28(42)24(31(45)33-15-38-7-9-47-10-8-38)30(44)32(18,46)29(43)22(16)27(41)23(17)26(19)40/h13,16,18,25,40,42-43,46H,7-12,14-15H2,1-6H3,(H,33,45)(H,34,39)/t16?,18?,25-,32?/m0/s1. The first kappa shape index (κ1) is 34.3. The van der Waals surface area contributed by atoms with Crippen LogP contribution in [0.2, 0.25) is 0 Å². The molecule has 5 rings (SSSR count). The van der Waals surface area contributed by atoms with Gasteiger partial charge in [0, 0.05) is 44.4 Å². The summed E-state index contributed by atoms with van der Waals surface area (Å²) in [5, 5.41) is 51.9. The highest BCUT2D eigenvalue weighted by atomic mass is 16.5. The van der Waals surface area contributed by atoms with E-state index in [0.29, 0.717) is 37.6 Å². The number of ketones is 2. The van der Waals surface area contributed by atoms with Gasteiger partial charge in [-0.1, -0.05) is 0 Å². The van der Waals surface area contributed by atoms with Gasteiger partial charge >= 0.3 is 0 Å². The fourth-order valence-electron chi connectivity index (χ4n) is 7.28. The lowest BCUT2D eigenvalue weighted by Gasteiger charge is -2.50. The zero-order valence-electron chi connectivity index (χ0n) is 27.6. The minimum absolute atomic E-state index is 0.00263. The van der Waals surface area contributed by atoms with E-state index in [0.717, 1.165) is 0 Å². The van der Waals surface area contributed by atoms with Gasteiger partial charge in [-0.3, -0.25) is 29.0 Å². The Labute approximate surface area is 273 Å². The number of hydrogen-bond donors (Lipinski definition) is 6. The van der Waals surface area contributed by atoms with Gasteiger partial charge in [0.1, 0.15) is 17.1 Å². The molecule has 256 valence electrons. The number of aliphatic hydroxyl groups is 3. The van der Waals surface area contributed by atoms with Gasteiger partial charge in [0.05, 0.1) is 43.7 Å². The number of rotatable bonds is 8. The van der Waals surface area contributed by atoms with Crippen LogP contribution in [-0.2, 0) is 25.5 Å². The maximum absolute atomic E-state index is 14.3. The van der Waals surface area contributed by atoms with Crippen LogP contribution < -0.4 is 15.5 Å².